The van der Waals surface area contributed by atoms with E-state index in [-0.39, 0.29) is 5.56 Å². The monoisotopic (exact) mass is 272 g/mol. The number of hydrogen-bond acceptors (Lipinski definition) is 3. The number of aromatic hydroxyl groups is 2. The molecule has 0 radical (unpaired) electrons. The Labute approximate surface area is 116 Å². The van der Waals surface area contributed by atoms with Crippen molar-refractivity contribution in [2.75, 3.05) is 0 Å². The van der Waals surface area contributed by atoms with Crippen molar-refractivity contribution in [1.29, 1.82) is 0 Å². The zero-order chi connectivity index (χ0) is 15.0. The maximum absolute atomic E-state index is 11.4. The van der Waals surface area contributed by atoms with E-state index in [4.69, 9.17) is 0 Å². The third kappa shape index (κ3) is 2.09. The van der Waals surface area contributed by atoms with E-state index in [2.05, 4.69) is 0 Å². The first-order chi connectivity index (χ1) is 9.34. The highest BCUT2D eigenvalue weighted by Crippen LogP contribution is 2.38. The Kier molecular flexibility index (Phi) is 3.40. The number of aromatic carboxylic acids is 1. The van der Waals surface area contributed by atoms with Crippen molar-refractivity contribution >= 4 is 5.97 Å². The fourth-order valence-electron chi connectivity index (χ4n) is 2.27. The van der Waals surface area contributed by atoms with Gasteiger partial charge in [-0.2, -0.15) is 0 Å². The van der Waals surface area contributed by atoms with Gasteiger partial charge in [-0.25, -0.2) is 4.79 Å². The molecule has 0 aromatic heterocycles. The maximum atomic E-state index is 11.4. The predicted molar refractivity (Wildman–Crippen MR) is 76.4 cm³/mol. The Morgan fingerprint density at radius 2 is 1.50 bits per heavy atom. The SMILES string of the molecule is Cc1ccc(-c2ccc(O)c(O)c2C(=O)O)c(C)c1C. The Balaban J connectivity index is 2.80. The number of rotatable bonds is 2. The zero-order valence-electron chi connectivity index (χ0n) is 11.6. The number of carbonyl (C=O) groups is 1. The number of carboxylic acid groups (broad SMARTS) is 1. The van der Waals surface area contributed by atoms with E-state index >= 15 is 0 Å². The van der Waals surface area contributed by atoms with Crippen LogP contribution in [0.2, 0.25) is 0 Å². The first-order valence-corrected chi connectivity index (χ1v) is 6.20. The van der Waals surface area contributed by atoms with Crippen molar-refractivity contribution in [2.24, 2.45) is 0 Å². The van der Waals surface area contributed by atoms with E-state index in [0.29, 0.717) is 5.56 Å². The lowest BCUT2D eigenvalue weighted by Crippen LogP contribution is -2.02. The molecule has 104 valence electrons. The first-order valence-electron chi connectivity index (χ1n) is 6.20. The largest absolute Gasteiger partial charge is 0.504 e. The van der Waals surface area contributed by atoms with Crippen molar-refractivity contribution in [3.8, 4) is 22.6 Å². The van der Waals surface area contributed by atoms with E-state index < -0.39 is 17.5 Å². The van der Waals surface area contributed by atoms with Crippen LogP contribution in [0, 0.1) is 20.8 Å². The number of hydrogen-bond donors (Lipinski definition) is 3. The van der Waals surface area contributed by atoms with Gasteiger partial charge in [0.1, 0.15) is 5.56 Å². The van der Waals surface area contributed by atoms with Gasteiger partial charge in [-0.3, -0.25) is 0 Å². The molecule has 0 amide bonds. The molecule has 0 aliphatic carbocycles. The molecule has 0 bridgehead atoms. The van der Waals surface area contributed by atoms with E-state index in [1.54, 1.807) is 0 Å². The molecule has 0 aliphatic heterocycles. The van der Waals surface area contributed by atoms with Gasteiger partial charge >= 0.3 is 5.97 Å². The minimum absolute atomic E-state index is 0.281. The Hall–Kier alpha value is -2.49. The second kappa shape index (κ2) is 4.89. The number of phenols is 2. The van der Waals surface area contributed by atoms with Crippen LogP contribution in [0.4, 0.5) is 0 Å². The summed E-state index contributed by atoms with van der Waals surface area (Å²) in [5, 5.41) is 28.5. The van der Waals surface area contributed by atoms with Gasteiger partial charge in [-0.15, -0.1) is 0 Å². The van der Waals surface area contributed by atoms with Crippen LogP contribution in [0.5, 0.6) is 11.5 Å². The lowest BCUT2D eigenvalue weighted by Gasteiger charge is -2.14. The average Bonchev–Trinajstić information content (AvgIpc) is 2.39. The van der Waals surface area contributed by atoms with E-state index in [0.717, 1.165) is 22.3 Å². The van der Waals surface area contributed by atoms with Gasteiger partial charge in [0.25, 0.3) is 0 Å². The summed E-state index contributed by atoms with van der Waals surface area (Å²) < 4.78 is 0. The fraction of sp³-hybridized carbons (Fsp3) is 0.188. The molecule has 2 aromatic rings. The predicted octanol–water partition coefficient (Wildman–Crippen LogP) is 3.39. The molecule has 0 unspecified atom stereocenters. The molecule has 4 heteroatoms. The molecular formula is C16H16O4. The van der Waals surface area contributed by atoms with Crippen molar-refractivity contribution in [2.45, 2.75) is 20.8 Å². The summed E-state index contributed by atoms with van der Waals surface area (Å²) >= 11 is 0. The van der Waals surface area contributed by atoms with Gasteiger partial charge in [-0.1, -0.05) is 12.1 Å². The number of phenolic OH excluding ortho intramolecular Hbond substituents is 1. The molecular weight excluding hydrogens is 256 g/mol. The van der Waals surface area contributed by atoms with Gasteiger partial charge in [0, 0.05) is 5.56 Å². The molecule has 2 rings (SSSR count). The lowest BCUT2D eigenvalue weighted by atomic mass is 9.91. The van der Waals surface area contributed by atoms with Gasteiger partial charge < -0.3 is 15.3 Å². The van der Waals surface area contributed by atoms with Crippen LogP contribution in [0.15, 0.2) is 24.3 Å². The third-order valence-electron chi connectivity index (χ3n) is 3.72. The molecule has 0 saturated carbocycles. The van der Waals surface area contributed by atoms with Crippen molar-refractivity contribution in [1.82, 2.24) is 0 Å². The summed E-state index contributed by atoms with van der Waals surface area (Å²) in [4.78, 5) is 11.4. The summed E-state index contributed by atoms with van der Waals surface area (Å²) in [5.74, 6) is -2.31. The van der Waals surface area contributed by atoms with Gasteiger partial charge in [0.15, 0.2) is 11.5 Å². The zero-order valence-corrected chi connectivity index (χ0v) is 11.6. The summed E-state index contributed by atoms with van der Waals surface area (Å²) in [7, 11) is 0. The summed E-state index contributed by atoms with van der Waals surface area (Å²) in [6.45, 7) is 5.86. The third-order valence-corrected chi connectivity index (χ3v) is 3.72. The van der Waals surface area contributed by atoms with Crippen LogP contribution in [0.1, 0.15) is 27.0 Å². The van der Waals surface area contributed by atoms with Crippen molar-refractivity contribution in [3.05, 3.63) is 46.5 Å². The molecule has 4 nitrogen and oxygen atoms in total. The molecule has 3 N–H and O–H groups in total. The van der Waals surface area contributed by atoms with Crippen LogP contribution >= 0.6 is 0 Å². The highest BCUT2D eigenvalue weighted by molar-refractivity contribution is 6.00. The summed E-state index contributed by atoms with van der Waals surface area (Å²) in [6, 6.07) is 6.55. The van der Waals surface area contributed by atoms with Gasteiger partial charge in [0.05, 0.1) is 0 Å². The Morgan fingerprint density at radius 3 is 2.10 bits per heavy atom. The molecule has 2 aromatic carbocycles. The molecule has 0 heterocycles. The minimum atomic E-state index is -1.27. The smallest absolute Gasteiger partial charge is 0.340 e. The van der Waals surface area contributed by atoms with Gasteiger partial charge in [0.2, 0.25) is 0 Å². The minimum Gasteiger partial charge on any atom is -0.504 e. The molecule has 0 spiro atoms. The van der Waals surface area contributed by atoms with Crippen LogP contribution < -0.4 is 0 Å². The highest BCUT2D eigenvalue weighted by Gasteiger charge is 2.21. The number of benzene rings is 2. The van der Waals surface area contributed by atoms with Crippen LogP contribution in [-0.2, 0) is 0 Å². The van der Waals surface area contributed by atoms with Crippen molar-refractivity contribution in [3.63, 3.8) is 0 Å². The Bertz CT molecular complexity index is 702. The summed E-state index contributed by atoms with van der Waals surface area (Å²) in [5.41, 5.74) is 4.00. The second-order valence-electron chi connectivity index (χ2n) is 4.84. The quantitative estimate of drug-likeness (QED) is 0.732. The standard InChI is InChI=1S/C16H16O4/c1-8-4-5-11(10(3)9(8)2)12-6-7-13(17)15(18)14(12)16(19)20/h4-7,17-18H,1-3H3,(H,19,20). The van der Waals surface area contributed by atoms with Crippen LogP contribution in [0.3, 0.4) is 0 Å². The lowest BCUT2D eigenvalue weighted by molar-refractivity contribution is 0.0694. The summed E-state index contributed by atoms with van der Waals surface area (Å²) in [6.07, 6.45) is 0. The Morgan fingerprint density at radius 1 is 0.900 bits per heavy atom. The molecule has 0 saturated heterocycles. The highest BCUT2D eigenvalue weighted by atomic mass is 16.4. The fourth-order valence-corrected chi connectivity index (χ4v) is 2.27. The second-order valence-corrected chi connectivity index (χ2v) is 4.84. The number of aryl methyl sites for hydroxylation is 1. The van der Waals surface area contributed by atoms with E-state index in [9.17, 15) is 20.1 Å². The first kappa shape index (κ1) is 13.9. The van der Waals surface area contributed by atoms with Crippen molar-refractivity contribution < 1.29 is 20.1 Å². The average molecular weight is 272 g/mol. The molecule has 20 heavy (non-hydrogen) atoms. The van der Waals surface area contributed by atoms with Crippen LogP contribution in [0.25, 0.3) is 11.1 Å². The number of carboxylic acids is 1. The topological polar surface area (TPSA) is 77.8 Å². The van der Waals surface area contributed by atoms with Gasteiger partial charge in [-0.05, 0) is 55.2 Å². The van der Waals surface area contributed by atoms with E-state index in [1.165, 1.54) is 12.1 Å². The molecule has 0 fully saturated rings. The normalized spacial score (nSPS) is 10.6. The molecule has 0 atom stereocenters. The maximum Gasteiger partial charge on any atom is 0.340 e. The molecule has 0 aliphatic rings. The van der Waals surface area contributed by atoms with Crippen LogP contribution in [-0.4, -0.2) is 21.3 Å². The van der Waals surface area contributed by atoms with E-state index in [1.807, 2.05) is 32.9 Å².